The lowest BCUT2D eigenvalue weighted by molar-refractivity contribution is -0.128. The second-order valence-electron chi connectivity index (χ2n) is 3.94. The Bertz CT molecular complexity index is 501. The summed E-state index contributed by atoms with van der Waals surface area (Å²) in [7, 11) is 0. The molecule has 6 heteroatoms. The Balaban J connectivity index is 2.50. The molecule has 0 unspecified atom stereocenters. The van der Waals surface area contributed by atoms with Crippen LogP contribution in [0.2, 0.25) is 0 Å². The molecule has 0 N–H and O–H groups in total. The lowest BCUT2D eigenvalue weighted by Gasteiger charge is -2.20. The van der Waals surface area contributed by atoms with Gasteiger partial charge in [0.25, 0.3) is 0 Å². The van der Waals surface area contributed by atoms with Gasteiger partial charge in [0, 0.05) is 18.0 Å². The van der Waals surface area contributed by atoms with Crippen LogP contribution in [0.4, 0.5) is 4.39 Å². The zero-order valence-electron chi connectivity index (χ0n) is 10.9. The maximum absolute atomic E-state index is 12.7. The van der Waals surface area contributed by atoms with Gasteiger partial charge in [-0.25, -0.2) is 4.39 Å². The fourth-order valence-corrected chi connectivity index (χ4v) is 2.30. The Labute approximate surface area is 121 Å². The highest BCUT2D eigenvalue weighted by molar-refractivity contribution is 8.00. The van der Waals surface area contributed by atoms with Crippen LogP contribution in [0, 0.1) is 28.5 Å². The Morgan fingerprint density at radius 1 is 1.15 bits per heavy atom. The molecule has 0 fully saturated rings. The number of amides is 1. The van der Waals surface area contributed by atoms with E-state index in [2.05, 4.69) is 0 Å². The predicted molar refractivity (Wildman–Crippen MR) is 74.2 cm³/mol. The topological polar surface area (TPSA) is 67.9 Å². The van der Waals surface area contributed by atoms with Crippen LogP contribution in [-0.2, 0) is 4.79 Å². The Hall–Kier alpha value is -2.05. The Morgan fingerprint density at radius 3 is 2.20 bits per heavy atom. The van der Waals surface area contributed by atoms with E-state index in [-0.39, 0.29) is 30.3 Å². The van der Waals surface area contributed by atoms with Gasteiger partial charge >= 0.3 is 0 Å². The van der Waals surface area contributed by atoms with E-state index in [0.717, 1.165) is 4.90 Å². The van der Waals surface area contributed by atoms with E-state index in [9.17, 15) is 9.18 Å². The molecular formula is C14H14FN3OS. The molecule has 0 aliphatic rings. The van der Waals surface area contributed by atoms with Gasteiger partial charge in [-0.3, -0.25) is 4.79 Å². The van der Waals surface area contributed by atoms with Gasteiger partial charge in [0.15, 0.2) is 0 Å². The van der Waals surface area contributed by atoms with Crippen LogP contribution < -0.4 is 0 Å². The summed E-state index contributed by atoms with van der Waals surface area (Å²) < 4.78 is 12.7. The first-order valence-electron chi connectivity index (χ1n) is 6.07. The van der Waals surface area contributed by atoms with Gasteiger partial charge in [0.1, 0.15) is 5.82 Å². The normalized spacial score (nSPS) is 9.55. The van der Waals surface area contributed by atoms with E-state index in [4.69, 9.17) is 10.5 Å². The highest BCUT2D eigenvalue weighted by atomic mass is 32.2. The summed E-state index contributed by atoms with van der Waals surface area (Å²) >= 11 is 1.31. The van der Waals surface area contributed by atoms with E-state index in [1.54, 1.807) is 12.1 Å². The molecule has 1 aromatic carbocycles. The molecule has 4 nitrogen and oxygen atoms in total. The van der Waals surface area contributed by atoms with Crippen LogP contribution in [0.5, 0.6) is 0 Å². The highest BCUT2D eigenvalue weighted by Crippen LogP contribution is 2.18. The molecule has 1 aromatic rings. The standard InChI is InChI=1S/C14H14FN3OS/c15-12-3-5-13(6-4-12)20-11-14(19)18(9-1-7-16)10-2-8-17/h3-6H,1-2,9-11H2. The van der Waals surface area contributed by atoms with Crippen LogP contribution in [0.3, 0.4) is 0 Å². The minimum absolute atomic E-state index is 0.121. The average Bonchev–Trinajstić information content (AvgIpc) is 2.46. The number of nitrogens with zero attached hydrogens (tertiary/aromatic N) is 3. The van der Waals surface area contributed by atoms with Gasteiger partial charge in [0.05, 0.1) is 30.7 Å². The number of carbonyl (C=O) groups excluding carboxylic acids is 1. The van der Waals surface area contributed by atoms with Crippen molar-refractivity contribution in [3.8, 4) is 12.1 Å². The Kier molecular flexibility index (Phi) is 7.16. The number of halogens is 1. The van der Waals surface area contributed by atoms with Crippen molar-refractivity contribution in [2.24, 2.45) is 0 Å². The first-order valence-corrected chi connectivity index (χ1v) is 7.06. The van der Waals surface area contributed by atoms with Crippen molar-refractivity contribution < 1.29 is 9.18 Å². The molecular weight excluding hydrogens is 277 g/mol. The number of carbonyl (C=O) groups is 1. The number of thioether (sulfide) groups is 1. The van der Waals surface area contributed by atoms with Crippen molar-refractivity contribution in [3.63, 3.8) is 0 Å². The van der Waals surface area contributed by atoms with Gasteiger partial charge in [-0.1, -0.05) is 0 Å². The van der Waals surface area contributed by atoms with Crippen LogP contribution in [-0.4, -0.2) is 29.6 Å². The maximum Gasteiger partial charge on any atom is 0.232 e. The largest absolute Gasteiger partial charge is 0.340 e. The SMILES string of the molecule is N#CCCN(CCC#N)C(=O)CSc1ccc(F)cc1. The minimum Gasteiger partial charge on any atom is -0.340 e. The summed E-state index contributed by atoms with van der Waals surface area (Å²) in [5.41, 5.74) is 0. The fourth-order valence-electron chi connectivity index (χ4n) is 1.50. The third-order valence-electron chi connectivity index (χ3n) is 2.52. The second-order valence-corrected chi connectivity index (χ2v) is 4.99. The predicted octanol–water partition coefficient (Wildman–Crippen LogP) is 2.57. The van der Waals surface area contributed by atoms with Crippen molar-refractivity contribution in [1.29, 1.82) is 10.5 Å². The fraction of sp³-hybridized carbons (Fsp3) is 0.357. The first-order chi connectivity index (χ1) is 9.67. The summed E-state index contributed by atoms with van der Waals surface area (Å²) in [6.07, 6.45) is 0.497. The number of rotatable bonds is 7. The molecule has 0 saturated carbocycles. The number of benzene rings is 1. The average molecular weight is 291 g/mol. The van der Waals surface area contributed by atoms with Crippen LogP contribution in [0.25, 0.3) is 0 Å². The lowest BCUT2D eigenvalue weighted by Crippen LogP contribution is -2.34. The molecule has 20 heavy (non-hydrogen) atoms. The van der Waals surface area contributed by atoms with Gasteiger partial charge in [-0.15, -0.1) is 11.8 Å². The van der Waals surface area contributed by atoms with Crippen molar-refractivity contribution in [1.82, 2.24) is 4.90 Å². The minimum atomic E-state index is -0.314. The van der Waals surface area contributed by atoms with Crippen LogP contribution >= 0.6 is 11.8 Å². The smallest absolute Gasteiger partial charge is 0.232 e. The van der Waals surface area contributed by atoms with Gasteiger partial charge < -0.3 is 4.90 Å². The molecule has 0 aromatic heterocycles. The summed E-state index contributed by atoms with van der Waals surface area (Å²) in [6, 6.07) is 9.88. The van der Waals surface area contributed by atoms with E-state index in [0.29, 0.717) is 13.1 Å². The highest BCUT2D eigenvalue weighted by Gasteiger charge is 2.13. The summed E-state index contributed by atoms with van der Waals surface area (Å²) in [6.45, 7) is 0.669. The Morgan fingerprint density at radius 2 is 1.70 bits per heavy atom. The molecule has 0 spiro atoms. The van der Waals surface area contributed by atoms with Gasteiger partial charge in [0.2, 0.25) is 5.91 Å². The molecule has 0 radical (unpaired) electrons. The number of hydrogen-bond acceptors (Lipinski definition) is 4. The number of hydrogen-bond donors (Lipinski definition) is 0. The van der Waals surface area contributed by atoms with E-state index in [1.807, 2.05) is 12.1 Å². The van der Waals surface area contributed by atoms with Crippen molar-refractivity contribution in [2.45, 2.75) is 17.7 Å². The van der Waals surface area contributed by atoms with E-state index >= 15 is 0 Å². The van der Waals surface area contributed by atoms with Crippen LogP contribution in [0.1, 0.15) is 12.8 Å². The van der Waals surface area contributed by atoms with Crippen molar-refractivity contribution in [2.75, 3.05) is 18.8 Å². The molecule has 1 rings (SSSR count). The summed E-state index contributed by atoms with van der Waals surface area (Å²) in [5.74, 6) is -0.224. The monoisotopic (exact) mass is 291 g/mol. The molecule has 0 aliphatic carbocycles. The maximum atomic E-state index is 12.7. The molecule has 0 saturated heterocycles. The zero-order valence-corrected chi connectivity index (χ0v) is 11.7. The second kappa shape index (κ2) is 8.95. The molecule has 0 heterocycles. The zero-order chi connectivity index (χ0) is 14.8. The molecule has 0 bridgehead atoms. The molecule has 0 aliphatic heterocycles. The first kappa shape index (κ1) is 16.0. The third-order valence-corrected chi connectivity index (χ3v) is 3.51. The molecule has 1 amide bonds. The lowest BCUT2D eigenvalue weighted by atomic mass is 10.3. The van der Waals surface area contributed by atoms with E-state index < -0.39 is 0 Å². The number of nitriles is 2. The quantitative estimate of drug-likeness (QED) is 0.724. The molecule has 104 valence electrons. The van der Waals surface area contributed by atoms with Crippen molar-refractivity contribution in [3.05, 3.63) is 30.1 Å². The van der Waals surface area contributed by atoms with Gasteiger partial charge in [-0.2, -0.15) is 10.5 Å². The summed E-state index contributed by atoms with van der Waals surface area (Å²) in [4.78, 5) is 14.3. The van der Waals surface area contributed by atoms with Crippen LogP contribution in [0.15, 0.2) is 29.2 Å². The third kappa shape index (κ3) is 5.73. The van der Waals surface area contributed by atoms with Crippen molar-refractivity contribution >= 4 is 17.7 Å². The molecule has 0 atom stereocenters. The van der Waals surface area contributed by atoms with E-state index in [1.165, 1.54) is 28.8 Å². The van der Waals surface area contributed by atoms with Gasteiger partial charge in [-0.05, 0) is 24.3 Å². The summed E-state index contributed by atoms with van der Waals surface area (Å²) in [5, 5.41) is 17.1.